The van der Waals surface area contributed by atoms with Gasteiger partial charge in [0.1, 0.15) is 12.4 Å². The normalized spacial score (nSPS) is 11.1. The zero-order chi connectivity index (χ0) is 20.1. The number of hydrogen-bond donors (Lipinski definition) is 2. The van der Waals surface area contributed by atoms with Crippen molar-refractivity contribution in [3.05, 3.63) is 63.7 Å². The van der Waals surface area contributed by atoms with E-state index in [1.807, 2.05) is 39.0 Å². The summed E-state index contributed by atoms with van der Waals surface area (Å²) in [7, 11) is 0. The van der Waals surface area contributed by atoms with E-state index < -0.39 is 0 Å². The summed E-state index contributed by atoms with van der Waals surface area (Å²) in [6.45, 7) is 6.49. The van der Waals surface area contributed by atoms with Gasteiger partial charge in [-0.2, -0.15) is 14.9 Å². The third-order valence-electron chi connectivity index (χ3n) is 4.11. The van der Waals surface area contributed by atoms with Crippen molar-refractivity contribution in [3.8, 4) is 17.2 Å². The molecule has 0 saturated heterocycles. The highest BCUT2D eigenvalue weighted by atomic mass is 32.1. The van der Waals surface area contributed by atoms with E-state index in [0.717, 1.165) is 16.9 Å². The van der Waals surface area contributed by atoms with Gasteiger partial charge in [0.2, 0.25) is 4.77 Å². The predicted molar refractivity (Wildman–Crippen MR) is 110 cm³/mol. The van der Waals surface area contributed by atoms with Crippen molar-refractivity contribution in [2.75, 3.05) is 6.61 Å². The molecule has 7 nitrogen and oxygen atoms in total. The van der Waals surface area contributed by atoms with Crippen molar-refractivity contribution in [1.29, 1.82) is 0 Å². The minimum atomic E-state index is 0.0245. The van der Waals surface area contributed by atoms with E-state index in [9.17, 15) is 5.11 Å². The van der Waals surface area contributed by atoms with Gasteiger partial charge < -0.3 is 14.6 Å². The summed E-state index contributed by atoms with van der Waals surface area (Å²) in [5.74, 6) is 1.76. The van der Waals surface area contributed by atoms with Gasteiger partial charge in [-0.3, -0.25) is 0 Å². The number of aromatic hydroxyl groups is 1. The number of benzene rings is 2. The van der Waals surface area contributed by atoms with E-state index in [2.05, 4.69) is 15.3 Å². The number of phenols is 1. The van der Waals surface area contributed by atoms with Crippen molar-refractivity contribution < 1.29 is 14.6 Å². The fourth-order valence-electron chi connectivity index (χ4n) is 2.74. The Morgan fingerprint density at radius 1 is 1.18 bits per heavy atom. The lowest BCUT2D eigenvalue weighted by atomic mass is 10.1. The molecule has 28 heavy (non-hydrogen) atoms. The minimum absolute atomic E-state index is 0.0245. The Labute approximate surface area is 168 Å². The van der Waals surface area contributed by atoms with E-state index in [4.69, 9.17) is 21.7 Å². The number of aryl methyl sites for hydroxylation is 2. The molecule has 0 atom stereocenters. The first-order valence-electron chi connectivity index (χ1n) is 8.85. The SMILES string of the molecule is CCOc1cccc(/C=N/n2c(COc3c(C)cccc3C)n[nH]c2=S)c1O. The van der Waals surface area contributed by atoms with Crippen molar-refractivity contribution in [2.45, 2.75) is 27.4 Å². The van der Waals surface area contributed by atoms with Gasteiger partial charge >= 0.3 is 0 Å². The molecule has 2 aromatic carbocycles. The lowest BCUT2D eigenvalue weighted by molar-refractivity contribution is 0.287. The lowest BCUT2D eigenvalue weighted by Gasteiger charge is -2.11. The van der Waals surface area contributed by atoms with Crippen LogP contribution in [0, 0.1) is 18.6 Å². The predicted octanol–water partition coefficient (Wildman–Crippen LogP) is 4.12. The van der Waals surface area contributed by atoms with Crippen LogP contribution in [0.2, 0.25) is 0 Å². The Morgan fingerprint density at radius 3 is 2.61 bits per heavy atom. The molecule has 0 unspecified atom stereocenters. The molecule has 0 aliphatic rings. The highest BCUT2D eigenvalue weighted by molar-refractivity contribution is 7.71. The minimum Gasteiger partial charge on any atom is -0.504 e. The molecule has 3 rings (SSSR count). The number of para-hydroxylation sites is 2. The average molecular weight is 398 g/mol. The summed E-state index contributed by atoms with van der Waals surface area (Å²) in [4.78, 5) is 0. The lowest BCUT2D eigenvalue weighted by Crippen LogP contribution is -2.05. The molecule has 3 aromatic rings. The third-order valence-corrected chi connectivity index (χ3v) is 4.38. The van der Waals surface area contributed by atoms with Gasteiger partial charge in [0.15, 0.2) is 17.3 Å². The summed E-state index contributed by atoms with van der Waals surface area (Å²) >= 11 is 5.26. The van der Waals surface area contributed by atoms with Gasteiger partial charge in [-0.25, -0.2) is 5.10 Å². The molecule has 0 radical (unpaired) electrons. The van der Waals surface area contributed by atoms with Crippen molar-refractivity contribution >= 4 is 18.4 Å². The Morgan fingerprint density at radius 2 is 1.89 bits per heavy atom. The van der Waals surface area contributed by atoms with E-state index in [1.165, 1.54) is 10.9 Å². The zero-order valence-corrected chi connectivity index (χ0v) is 16.8. The molecule has 1 aromatic heterocycles. The number of hydrogen-bond acceptors (Lipinski definition) is 6. The van der Waals surface area contributed by atoms with E-state index >= 15 is 0 Å². The molecule has 1 heterocycles. The van der Waals surface area contributed by atoms with E-state index in [-0.39, 0.29) is 12.4 Å². The van der Waals surface area contributed by atoms with Crippen molar-refractivity contribution in [3.63, 3.8) is 0 Å². The topological polar surface area (TPSA) is 84.7 Å². The molecule has 146 valence electrons. The van der Waals surface area contributed by atoms with Crippen molar-refractivity contribution in [1.82, 2.24) is 14.9 Å². The van der Waals surface area contributed by atoms with Crippen LogP contribution in [0.3, 0.4) is 0 Å². The Kier molecular flexibility index (Phi) is 6.10. The molecule has 0 amide bonds. The monoisotopic (exact) mass is 398 g/mol. The molecule has 0 fully saturated rings. The zero-order valence-electron chi connectivity index (χ0n) is 16.0. The van der Waals surface area contributed by atoms with E-state index in [0.29, 0.717) is 28.5 Å². The van der Waals surface area contributed by atoms with E-state index in [1.54, 1.807) is 18.2 Å². The average Bonchev–Trinajstić information content (AvgIpc) is 3.02. The number of nitrogens with one attached hydrogen (secondary N) is 1. The molecule has 0 aliphatic carbocycles. The molecule has 0 spiro atoms. The van der Waals surface area contributed by atoms with Crippen molar-refractivity contribution in [2.24, 2.45) is 5.10 Å². The molecule has 8 heteroatoms. The smallest absolute Gasteiger partial charge is 0.216 e. The van der Waals surface area contributed by atoms with Gasteiger partial charge in [0.25, 0.3) is 0 Å². The highest BCUT2D eigenvalue weighted by Gasteiger charge is 2.10. The number of nitrogens with zero attached hydrogens (tertiary/aromatic N) is 3. The second kappa shape index (κ2) is 8.71. The van der Waals surface area contributed by atoms with Crippen LogP contribution in [-0.2, 0) is 6.61 Å². The third kappa shape index (κ3) is 4.23. The second-order valence-electron chi connectivity index (χ2n) is 6.14. The Hall–Kier alpha value is -3.13. The van der Waals surface area contributed by atoms with Crippen LogP contribution in [0.4, 0.5) is 0 Å². The van der Waals surface area contributed by atoms with Gasteiger partial charge in [0.05, 0.1) is 12.8 Å². The number of ether oxygens (including phenoxy) is 2. The maximum absolute atomic E-state index is 10.3. The number of aromatic amines is 1. The highest BCUT2D eigenvalue weighted by Crippen LogP contribution is 2.28. The second-order valence-corrected chi connectivity index (χ2v) is 6.52. The molecule has 0 aliphatic heterocycles. The summed E-state index contributed by atoms with van der Waals surface area (Å²) in [5.41, 5.74) is 2.60. The van der Waals surface area contributed by atoms with Crippen LogP contribution >= 0.6 is 12.2 Å². The van der Waals surface area contributed by atoms with Crippen LogP contribution in [-0.4, -0.2) is 32.8 Å². The Balaban J connectivity index is 1.83. The first kappa shape index (κ1) is 19.6. The molecule has 2 N–H and O–H groups in total. The number of aromatic nitrogens is 3. The maximum Gasteiger partial charge on any atom is 0.216 e. The summed E-state index contributed by atoms with van der Waals surface area (Å²) < 4.78 is 13.1. The molecular weight excluding hydrogens is 376 g/mol. The van der Waals surface area contributed by atoms with Crippen LogP contribution < -0.4 is 9.47 Å². The fraction of sp³-hybridized carbons (Fsp3) is 0.250. The molecule has 0 saturated carbocycles. The first-order valence-corrected chi connectivity index (χ1v) is 9.26. The number of phenolic OH excluding ortho intramolecular Hbond substituents is 1. The van der Waals surface area contributed by atoms with Gasteiger partial charge in [-0.05, 0) is 56.2 Å². The summed E-state index contributed by atoms with van der Waals surface area (Å²) in [5, 5.41) is 21.6. The fourth-order valence-corrected chi connectivity index (χ4v) is 2.93. The van der Waals surface area contributed by atoms with Crippen LogP contribution in [0.15, 0.2) is 41.5 Å². The van der Waals surface area contributed by atoms with Crippen LogP contribution in [0.5, 0.6) is 17.2 Å². The molecular formula is C20H22N4O3S. The van der Waals surface area contributed by atoms with Gasteiger partial charge in [0, 0.05) is 5.56 Å². The number of H-pyrrole nitrogens is 1. The summed E-state index contributed by atoms with van der Waals surface area (Å²) in [6, 6.07) is 11.2. The largest absolute Gasteiger partial charge is 0.504 e. The van der Waals surface area contributed by atoms with Gasteiger partial charge in [-0.1, -0.05) is 24.3 Å². The standard InChI is InChI=1S/C20H22N4O3S/c1-4-26-16-10-6-9-15(18(16)25)11-21-24-17(22-23-20(24)28)12-27-19-13(2)7-5-8-14(19)3/h5-11,25H,4,12H2,1-3H3,(H,23,28)/b21-11+. The Bertz CT molecular complexity index is 1040. The summed E-state index contributed by atoms with van der Waals surface area (Å²) in [6.07, 6.45) is 1.51. The quantitative estimate of drug-likeness (QED) is 0.462. The number of rotatable bonds is 7. The van der Waals surface area contributed by atoms with Gasteiger partial charge in [-0.15, -0.1) is 0 Å². The maximum atomic E-state index is 10.3. The molecule has 0 bridgehead atoms. The van der Waals surface area contributed by atoms with Crippen LogP contribution in [0.1, 0.15) is 29.4 Å². The first-order chi connectivity index (χ1) is 13.5. The van der Waals surface area contributed by atoms with Crippen LogP contribution in [0.25, 0.3) is 0 Å².